The minimum absolute atomic E-state index is 0.0572. The summed E-state index contributed by atoms with van der Waals surface area (Å²) in [5.74, 6) is -3.97. The molecule has 9 rings (SSSR count). The van der Waals surface area contributed by atoms with Crippen LogP contribution in [-0.2, 0) is 15.2 Å². The number of aromatic nitrogens is 4. The van der Waals surface area contributed by atoms with Gasteiger partial charge in [0.1, 0.15) is 23.4 Å². The zero-order chi connectivity index (χ0) is 42.6. The fraction of sp³-hybridized carbons (Fsp3) is 0.467. The van der Waals surface area contributed by atoms with Crippen molar-refractivity contribution in [1.29, 1.82) is 5.26 Å². The van der Waals surface area contributed by atoms with Crippen molar-refractivity contribution in [2.75, 3.05) is 49.5 Å². The van der Waals surface area contributed by atoms with Crippen molar-refractivity contribution < 1.29 is 28.3 Å². The predicted molar refractivity (Wildman–Crippen MR) is 224 cm³/mol. The topological polar surface area (TPSA) is 164 Å². The molecule has 0 spiro atoms. The number of fused-ring (bicyclic) bond motifs is 2. The normalized spacial score (nSPS) is 22.0. The van der Waals surface area contributed by atoms with E-state index in [0.29, 0.717) is 71.7 Å². The van der Waals surface area contributed by atoms with Crippen molar-refractivity contribution in [2.24, 2.45) is 0 Å². The zero-order valence-corrected chi connectivity index (χ0v) is 34.4. The lowest BCUT2D eigenvalue weighted by atomic mass is 9.86. The largest absolute Gasteiger partial charge is 0.385 e. The second-order valence-electron chi connectivity index (χ2n) is 17.1. The third kappa shape index (κ3) is 7.63. The van der Waals surface area contributed by atoms with Crippen LogP contribution in [0, 0.1) is 23.0 Å². The smallest absolute Gasteiger partial charge is 0.274 e. The van der Waals surface area contributed by atoms with E-state index in [1.54, 1.807) is 18.2 Å². The summed E-state index contributed by atoms with van der Waals surface area (Å²) in [5, 5.41) is 36.4. The van der Waals surface area contributed by atoms with Crippen LogP contribution in [0.4, 0.5) is 20.2 Å². The first-order valence-electron chi connectivity index (χ1n) is 21.5. The number of carbonyl (C=O) groups is 3. The molecule has 0 bridgehead atoms. The van der Waals surface area contributed by atoms with Crippen molar-refractivity contribution in [3.05, 3.63) is 88.9 Å². The molecule has 3 N–H and O–H groups in total. The second-order valence-corrected chi connectivity index (χ2v) is 17.1. The average molecular weight is 833 g/mol. The number of piperidine rings is 1. The number of carbonyl (C=O) groups excluding carboxylic acids is 3. The molecular weight excluding hydrogens is 783 g/mol. The Morgan fingerprint density at radius 2 is 1.61 bits per heavy atom. The molecule has 14 nitrogen and oxygen atoms in total. The maximum Gasteiger partial charge on any atom is 0.274 e. The van der Waals surface area contributed by atoms with Gasteiger partial charge < -0.3 is 15.3 Å². The Balaban J connectivity index is 0.803. The molecule has 1 aliphatic carbocycles. The van der Waals surface area contributed by atoms with Crippen LogP contribution in [0.2, 0.25) is 0 Å². The van der Waals surface area contributed by atoms with Crippen LogP contribution in [0.15, 0.2) is 54.9 Å². The minimum Gasteiger partial charge on any atom is -0.385 e. The van der Waals surface area contributed by atoms with Gasteiger partial charge in [-0.25, -0.2) is 13.3 Å². The zero-order valence-electron chi connectivity index (χ0n) is 34.4. The minimum atomic E-state index is -1.17. The molecule has 5 aromatic rings. The summed E-state index contributed by atoms with van der Waals surface area (Å²) in [7, 11) is 0. The van der Waals surface area contributed by atoms with Crippen molar-refractivity contribution in [1.82, 2.24) is 34.5 Å². The number of rotatable bonds is 10. The molecule has 1 saturated carbocycles. The number of nitrogens with one attached hydrogen (secondary N) is 2. The quantitative estimate of drug-likeness (QED) is 0.151. The summed E-state index contributed by atoms with van der Waals surface area (Å²) >= 11 is 0. The van der Waals surface area contributed by atoms with Gasteiger partial charge in [-0.2, -0.15) is 15.5 Å². The molecule has 3 aliphatic heterocycles. The molecular formula is C45H50F2N10O4. The first-order valence-corrected chi connectivity index (χ1v) is 21.5. The Morgan fingerprint density at radius 1 is 0.934 bits per heavy atom. The van der Waals surface area contributed by atoms with Crippen LogP contribution in [0.3, 0.4) is 0 Å². The van der Waals surface area contributed by atoms with Crippen molar-refractivity contribution in [3.8, 4) is 6.07 Å². The van der Waals surface area contributed by atoms with E-state index in [0.717, 1.165) is 62.8 Å². The van der Waals surface area contributed by atoms with Crippen LogP contribution >= 0.6 is 0 Å². The van der Waals surface area contributed by atoms with Gasteiger partial charge in [-0.05, 0) is 87.4 Å². The fourth-order valence-corrected chi connectivity index (χ4v) is 9.92. The summed E-state index contributed by atoms with van der Waals surface area (Å²) in [4.78, 5) is 44.5. The van der Waals surface area contributed by atoms with E-state index in [4.69, 9.17) is 5.10 Å². The molecule has 4 fully saturated rings. The maximum absolute atomic E-state index is 15.2. The number of amides is 3. The predicted octanol–water partition coefficient (Wildman–Crippen LogP) is 5.60. The molecule has 61 heavy (non-hydrogen) atoms. The number of piperazine rings is 1. The second kappa shape index (κ2) is 16.3. The summed E-state index contributed by atoms with van der Waals surface area (Å²) in [5.41, 5.74) is 2.28. The van der Waals surface area contributed by atoms with Gasteiger partial charge in [0.25, 0.3) is 5.91 Å². The number of benzene rings is 2. The van der Waals surface area contributed by atoms with E-state index < -0.39 is 35.0 Å². The molecule has 3 aromatic heterocycles. The van der Waals surface area contributed by atoms with E-state index in [1.165, 1.54) is 22.8 Å². The van der Waals surface area contributed by atoms with Crippen molar-refractivity contribution in [2.45, 2.75) is 94.9 Å². The standard InChI is InChI=1S/C45H50F2N10O4/c1-3-45(61,4-2)35-21-38-28(18-39(35)50-44(60)40-11-9-31-17-27(22-48)23-49-57(31)40)24-56(52-38)30-7-5-29(6-8-30)53-13-15-54(16-14-53)33-25-55(26-33)32-19-36(46)42(37(47)20-32)34-10-12-41(58)51-43(34)59/h9,11,17-21,23-24,29-30,33-34,61H,3-8,10,12-16,25-26H2,1-2H3,(H,50,60)(H,51,58,59)/t29?,30?,34-/m1/s1. The van der Waals surface area contributed by atoms with Gasteiger partial charge in [-0.3, -0.25) is 34.2 Å². The average Bonchev–Trinajstić information content (AvgIpc) is 3.87. The molecule has 3 amide bonds. The van der Waals surface area contributed by atoms with Crippen LogP contribution in [-0.4, -0.2) is 103 Å². The van der Waals surface area contributed by atoms with E-state index in [2.05, 4.69) is 36.3 Å². The highest BCUT2D eigenvalue weighted by atomic mass is 19.1. The number of anilines is 2. The van der Waals surface area contributed by atoms with Crippen LogP contribution in [0.25, 0.3) is 16.4 Å². The maximum atomic E-state index is 15.2. The summed E-state index contributed by atoms with van der Waals surface area (Å²) in [6.45, 7) is 9.01. The summed E-state index contributed by atoms with van der Waals surface area (Å²) in [6, 6.07) is 14.6. The molecule has 1 atom stereocenters. The summed E-state index contributed by atoms with van der Waals surface area (Å²) in [6.07, 6.45) is 8.60. The lowest BCUT2D eigenvalue weighted by Crippen LogP contribution is -2.64. The highest BCUT2D eigenvalue weighted by molar-refractivity contribution is 6.05. The Kier molecular flexibility index (Phi) is 10.8. The van der Waals surface area contributed by atoms with Gasteiger partial charge in [0.2, 0.25) is 11.8 Å². The highest BCUT2D eigenvalue weighted by Gasteiger charge is 2.38. The van der Waals surface area contributed by atoms with E-state index >= 15 is 8.78 Å². The van der Waals surface area contributed by atoms with Gasteiger partial charge in [0.05, 0.1) is 40.4 Å². The lowest BCUT2D eigenvalue weighted by molar-refractivity contribution is -0.134. The number of imide groups is 1. The number of hydrogen-bond acceptors (Lipinski definition) is 10. The monoisotopic (exact) mass is 832 g/mol. The van der Waals surface area contributed by atoms with Gasteiger partial charge in [0.15, 0.2) is 0 Å². The molecule has 318 valence electrons. The lowest BCUT2D eigenvalue weighted by Gasteiger charge is -2.50. The first-order chi connectivity index (χ1) is 29.4. The fourth-order valence-electron chi connectivity index (χ4n) is 9.92. The Morgan fingerprint density at radius 3 is 2.26 bits per heavy atom. The Hall–Kier alpha value is -5.76. The first kappa shape index (κ1) is 40.6. The third-order valence-electron chi connectivity index (χ3n) is 13.7. The molecule has 2 aromatic carbocycles. The van der Waals surface area contributed by atoms with Crippen LogP contribution in [0.5, 0.6) is 0 Å². The Labute approximate surface area is 352 Å². The number of halogens is 2. The summed E-state index contributed by atoms with van der Waals surface area (Å²) < 4.78 is 33.9. The van der Waals surface area contributed by atoms with Crippen molar-refractivity contribution >= 4 is 45.5 Å². The number of nitrogens with zero attached hydrogens (tertiary/aromatic N) is 8. The molecule has 4 aliphatic rings. The van der Waals surface area contributed by atoms with Gasteiger partial charge in [0, 0.05) is 91.9 Å². The number of aliphatic hydroxyl groups is 1. The highest BCUT2D eigenvalue weighted by Crippen LogP contribution is 2.39. The SMILES string of the molecule is CCC(O)(CC)c1cc2nn(C3CCC(N4CCN(C5CN(c6cc(F)c([C@H]7CCC(=O)NC7=O)c(F)c6)C5)CC4)CC3)cc2cc1NC(=O)c1ccc2cc(C#N)cnn12. The third-order valence-corrected chi connectivity index (χ3v) is 13.7. The van der Waals surface area contributed by atoms with Crippen molar-refractivity contribution in [3.63, 3.8) is 0 Å². The molecule has 0 radical (unpaired) electrons. The Bertz CT molecular complexity index is 2530. The molecule has 0 unspecified atom stereocenters. The van der Waals surface area contributed by atoms with Crippen LogP contribution < -0.4 is 15.5 Å². The number of hydrogen-bond donors (Lipinski definition) is 3. The molecule has 6 heterocycles. The van der Waals surface area contributed by atoms with E-state index in [-0.39, 0.29) is 30.4 Å². The van der Waals surface area contributed by atoms with Gasteiger partial charge >= 0.3 is 0 Å². The van der Waals surface area contributed by atoms with Gasteiger partial charge in [-0.15, -0.1) is 0 Å². The van der Waals surface area contributed by atoms with E-state index in [1.807, 2.05) is 37.1 Å². The van der Waals surface area contributed by atoms with E-state index in [9.17, 15) is 24.8 Å². The molecule has 3 saturated heterocycles. The number of nitriles is 1. The van der Waals surface area contributed by atoms with Crippen LogP contribution in [0.1, 0.15) is 104 Å². The van der Waals surface area contributed by atoms with Gasteiger partial charge in [-0.1, -0.05) is 13.8 Å². The molecule has 16 heteroatoms.